The molecular formula is C56H58O8. The Morgan fingerprint density at radius 2 is 0.844 bits per heavy atom. The normalized spacial score (nSPS) is 12.8. The van der Waals surface area contributed by atoms with Gasteiger partial charge in [-0.05, 0) is 169 Å². The van der Waals surface area contributed by atoms with Crippen molar-refractivity contribution in [3.05, 3.63) is 192 Å². The standard InChI is InChI=1S/C56H58O8/c1-10-56(9,63-48-32-20-40(21-33-48)54(5,6)64-50-35-25-43(57)37-52(50)60-44-26-16-38(2)17-27-44)41-22-28-45(29-23-41)59-51-36-42(24-34-49(51)58)55(7,8)62-47-30-18-39(19-31-47)53(3,4)61-46-14-12-11-13-15-46/h11-37,57-58H,10H2,1-9H3. The molecule has 64 heavy (non-hydrogen) atoms. The van der Waals surface area contributed by atoms with E-state index in [-0.39, 0.29) is 11.5 Å². The van der Waals surface area contributed by atoms with E-state index in [1.807, 2.05) is 188 Å². The molecule has 1 unspecified atom stereocenters. The number of phenols is 2. The first kappa shape index (κ1) is 45.0. The van der Waals surface area contributed by atoms with Gasteiger partial charge in [0.1, 0.15) is 56.9 Å². The summed E-state index contributed by atoms with van der Waals surface area (Å²) in [6.07, 6.45) is 0.702. The molecule has 8 heteroatoms. The Labute approximate surface area is 377 Å². The zero-order valence-corrected chi connectivity index (χ0v) is 38.1. The summed E-state index contributed by atoms with van der Waals surface area (Å²) in [6, 6.07) is 51.2. The number of aryl methyl sites for hydroxylation is 1. The number of phenolic OH excluding ortho intramolecular Hbond substituents is 2. The highest BCUT2D eigenvalue weighted by Gasteiger charge is 2.30. The Morgan fingerprint density at radius 3 is 1.42 bits per heavy atom. The third-order valence-corrected chi connectivity index (χ3v) is 11.5. The fourth-order valence-corrected chi connectivity index (χ4v) is 7.34. The maximum atomic E-state index is 10.9. The van der Waals surface area contributed by atoms with E-state index in [0.29, 0.717) is 46.7 Å². The fourth-order valence-electron chi connectivity index (χ4n) is 7.34. The first-order valence-electron chi connectivity index (χ1n) is 21.6. The van der Waals surface area contributed by atoms with Crippen LogP contribution in [0.25, 0.3) is 0 Å². The number of para-hydroxylation sites is 1. The molecule has 0 aliphatic rings. The van der Waals surface area contributed by atoms with Crippen molar-refractivity contribution in [1.29, 1.82) is 0 Å². The molecule has 0 saturated heterocycles. The van der Waals surface area contributed by atoms with Crippen LogP contribution >= 0.6 is 0 Å². The SMILES string of the molecule is CCC(C)(Oc1ccc(C(C)(C)Oc2ccc(O)cc2Oc2ccc(C)cc2)cc1)c1ccc(Oc2cc(C(C)(C)Oc3ccc(C(C)(C)Oc4ccccc4)cc3)ccc2O)cc1. The lowest BCUT2D eigenvalue weighted by Gasteiger charge is -2.31. The lowest BCUT2D eigenvalue weighted by molar-refractivity contribution is 0.0819. The number of aromatic hydroxyl groups is 2. The topological polar surface area (TPSA) is 95.8 Å². The highest BCUT2D eigenvalue weighted by Crippen LogP contribution is 2.41. The van der Waals surface area contributed by atoms with Crippen molar-refractivity contribution < 1.29 is 38.6 Å². The van der Waals surface area contributed by atoms with Gasteiger partial charge < -0.3 is 38.6 Å². The van der Waals surface area contributed by atoms with Crippen molar-refractivity contribution >= 4 is 0 Å². The summed E-state index contributed by atoms with van der Waals surface area (Å²) in [5.41, 5.74) is 2.19. The third-order valence-electron chi connectivity index (χ3n) is 11.5. The number of ether oxygens (including phenoxy) is 6. The molecule has 8 nitrogen and oxygen atoms in total. The lowest BCUT2D eigenvalue weighted by atomic mass is 9.92. The number of hydrogen-bond acceptors (Lipinski definition) is 8. The minimum absolute atomic E-state index is 0.0199. The summed E-state index contributed by atoms with van der Waals surface area (Å²) in [6.45, 7) is 18.2. The molecule has 0 aromatic heterocycles. The second-order valence-electron chi connectivity index (χ2n) is 17.7. The van der Waals surface area contributed by atoms with E-state index in [1.165, 1.54) is 0 Å². The van der Waals surface area contributed by atoms with Gasteiger partial charge in [0.15, 0.2) is 23.0 Å². The first-order chi connectivity index (χ1) is 30.4. The average molecular weight is 859 g/mol. The number of rotatable bonds is 17. The Bertz CT molecular complexity index is 2630. The van der Waals surface area contributed by atoms with Crippen LogP contribution in [0.15, 0.2) is 164 Å². The largest absolute Gasteiger partial charge is 0.508 e. The highest BCUT2D eigenvalue weighted by atomic mass is 16.5. The van der Waals surface area contributed by atoms with Crippen LogP contribution in [0.5, 0.6) is 57.5 Å². The van der Waals surface area contributed by atoms with E-state index >= 15 is 0 Å². The molecule has 0 aliphatic carbocycles. The zero-order valence-electron chi connectivity index (χ0n) is 38.1. The molecule has 0 spiro atoms. The molecule has 1 atom stereocenters. The summed E-state index contributed by atoms with van der Waals surface area (Å²) < 4.78 is 38.3. The maximum Gasteiger partial charge on any atom is 0.173 e. The van der Waals surface area contributed by atoms with Gasteiger partial charge in [0.2, 0.25) is 0 Å². The van der Waals surface area contributed by atoms with Gasteiger partial charge in [0.25, 0.3) is 0 Å². The molecule has 0 radical (unpaired) electrons. The van der Waals surface area contributed by atoms with Crippen LogP contribution in [-0.4, -0.2) is 10.2 Å². The summed E-state index contributed by atoms with van der Waals surface area (Å²) in [5.74, 6) is 4.77. The van der Waals surface area contributed by atoms with Crippen molar-refractivity contribution in [2.75, 3.05) is 0 Å². The fraction of sp³-hybridized carbons (Fsp3) is 0.250. The summed E-state index contributed by atoms with van der Waals surface area (Å²) in [5, 5.41) is 21.1. The molecule has 0 amide bonds. The minimum Gasteiger partial charge on any atom is -0.508 e. The molecular weight excluding hydrogens is 801 g/mol. The second kappa shape index (κ2) is 18.3. The molecule has 7 aromatic carbocycles. The molecule has 330 valence electrons. The molecule has 0 fully saturated rings. The van der Waals surface area contributed by atoms with Crippen LogP contribution in [0.1, 0.15) is 89.6 Å². The van der Waals surface area contributed by atoms with Crippen LogP contribution in [0.2, 0.25) is 0 Å². The van der Waals surface area contributed by atoms with E-state index in [2.05, 4.69) is 13.8 Å². The summed E-state index contributed by atoms with van der Waals surface area (Å²) in [7, 11) is 0. The molecule has 0 aliphatic heterocycles. The van der Waals surface area contributed by atoms with Crippen LogP contribution in [0.3, 0.4) is 0 Å². The Hall–Kier alpha value is -7.06. The molecule has 7 aromatic rings. The molecule has 7 rings (SSSR count). The van der Waals surface area contributed by atoms with E-state index in [1.54, 1.807) is 24.3 Å². The van der Waals surface area contributed by atoms with Gasteiger partial charge in [-0.2, -0.15) is 0 Å². The molecule has 0 bridgehead atoms. The van der Waals surface area contributed by atoms with Gasteiger partial charge in [-0.1, -0.05) is 85.3 Å². The van der Waals surface area contributed by atoms with Gasteiger partial charge in [-0.3, -0.25) is 0 Å². The number of hydrogen-bond donors (Lipinski definition) is 2. The molecule has 0 saturated carbocycles. The monoisotopic (exact) mass is 858 g/mol. The van der Waals surface area contributed by atoms with E-state index in [0.717, 1.165) is 33.6 Å². The van der Waals surface area contributed by atoms with Crippen LogP contribution in [0, 0.1) is 6.92 Å². The smallest absolute Gasteiger partial charge is 0.173 e. The average Bonchev–Trinajstić information content (AvgIpc) is 3.26. The van der Waals surface area contributed by atoms with Crippen molar-refractivity contribution in [3.8, 4) is 57.5 Å². The van der Waals surface area contributed by atoms with Gasteiger partial charge in [-0.15, -0.1) is 0 Å². The van der Waals surface area contributed by atoms with E-state index in [9.17, 15) is 10.2 Å². The number of benzene rings is 7. The zero-order chi connectivity index (χ0) is 45.7. The lowest BCUT2D eigenvalue weighted by Crippen LogP contribution is -2.29. The minimum atomic E-state index is -0.748. The van der Waals surface area contributed by atoms with Crippen molar-refractivity contribution in [2.45, 2.75) is 91.1 Å². The van der Waals surface area contributed by atoms with E-state index in [4.69, 9.17) is 28.4 Å². The summed E-state index contributed by atoms with van der Waals surface area (Å²) in [4.78, 5) is 0. The molecule has 2 N–H and O–H groups in total. The quantitative estimate of drug-likeness (QED) is 0.0935. The third kappa shape index (κ3) is 10.8. The van der Waals surface area contributed by atoms with Crippen LogP contribution < -0.4 is 28.4 Å². The van der Waals surface area contributed by atoms with Crippen LogP contribution in [-0.2, 0) is 22.4 Å². The predicted octanol–water partition coefficient (Wildman–Crippen LogP) is 14.6. The first-order valence-corrected chi connectivity index (χ1v) is 21.6. The maximum absolute atomic E-state index is 10.9. The van der Waals surface area contributed by atoms with Crippen molar-refractivity contribution in [1.82, 2.24) is 0 Å². The molecule has 0 heterocycles. The van der Waals surface area contributed by atoms with Crippen molar-refractivity contribution in [3.63, 3.8) is 0 Å². The predicted molar refractivity (Wildman–Crippen MR) is 253 cm³/mol. The van der Waals surface area contributed by atoms with Crippen molar-refractivity contribution in [2.24, 2.45) is 0 Å². The Balaban J connectivity index is 0.988. The highest BCUT2D eigenvalue weighted by molar-refractivity contribution is 5.49. The van der Waals surface area contributed by atoms with Gasteiger partial charge in [-0.25, -0.2) is 0 Å². The summed E-state index contributed by atoms with van der Waals surface area (Å²) >= 11 is 0. The van der Waals surface area contributed by atoms with E-state index < -0.39 is 22.4 Å². The van der Waals surface area contributed by atoms with Crippen LogP contribution in [0.4, 0.5) is 0 Å². The Kier molecular flexibility index (Phi) is 12.9. The van der Waals surface area contributed by atoms with Gasteiger partial charge in [0.05, 0.1) is 0 Å². The second-order valence-corrected chi connectivity index (χ2v) is 17.7. The Morgan fingerprint density at radius 1 is 0.391 bits per heavy atom. The van der Waals surface area contributed by atoms with Gasteiger partial charge in [0, 0.05) is 6.07 Å². The van der Waals surface area contributed by atoms with Gasteiger partial charge >= 0.3 is 0 Å².